The molecule has 2 fully saturated rings. The third-order valence-electron chi connectivity index (χ3n) is 11.7. The molecule has 1 atom stereocenters. The number of imide groups is 1. The molecule has 310 valence electrons. The van der Waals surface area contributed by atoms with Gasteiger partial charge in [-0.2, -0.15) is 5.10 Å². The van der Waals surface area contributed by atoms with Crippen LogP contribution >= 0.6 is 0 Å². The predicted octanol–water partition coefficient (Wildman–Crippen LogP) is 6.00. The van der Waals surface area contributed by atoms with E-state index in [0.29, 0.717) is 72.4 Å². The van der Waals surface area contributed by atoms with Crippen molar-refractivity contribution in [3.63, 3.8) is 0 Å². The molecule has 4 amide bonds. The van der Waals surface area contributed by atoms with E-state index in [1.807, 2.05) is 49.7 Å². The summed E-state index contributed by atoms with van der Waals surface area (Å²) in [6, 6.07) is 10.9. The molecular formula is C43H47N11O6. The number of hydrogen-bond donors (Lipinski definition) is 5. The normalized spacial score (nSPS) is 16.4. The number of carbonyl (C=O) groups is 4. The van der Waals surface area contributed by atoms with Crippen LogP contribution in [0.1, 0.15) is 101 Å². The molecule has 17 heteroatoms. The highest BCUT2D eigenvalue weighted by Crippen LogP contribution is 2.43. The first-order chi connectivity index (χ1) is 29.1. The van der Waals surface area contributed by atoms with Gasteiger partial charge in [-0.15, -0.1) is 0 Å². The average molecular weight is 814 g/mol. The van der Waals surface area contributed by atoms with Gasteiger partial charge in [-0.1, -0.05) is 11.2 Å². The van der Waals surface area contributed by atoms with Gasteiger partial charge in [0.2, 0.25) is 17.6 Å². The maximum Gasteiger partial charge on any atom is 0.289 e. The summed E-state index contributed by atoms with van der Waals surface area (Å²) in [5, 5.41) is 22.9. The fourth-order valence-corrected chi connectivity index (χ4v) is 8.41. The number of H-pyrrole nitrogens is 1. The van der Waals surface area contributed by atoms with Crippen LogP contribution in [-0.2, 0) is 22.7 Å². The van der Waals surface area contributed by atoms with E-state index >= 15 is 0 Å². The van der Waals surface area contributed by atoms with Crippen LogP contribution in [-0.4, -0.2) is 84.7 Å². The van der Waals surface area contributed by atoms with Crippen molar-refractivity contribution in [1.82, 2.24) is 45.4 Å². The molecule has 1 unspecified atom stereocenters. The molecule has 2 aromatic carbocycles. The van der Waals surface area contributed by atoms with Gasteiger partial charge in [-0.05, 0) is 83.6 Å². The monoisotopic (exact) mass is 813 g/mol. The van der Waals surface area contributed by atoms with Gasteiger partial charge in [0, 0.05) is 77.9 Å². The van der Waals surface area contributed by atoms with E-state index in [0.717, 1.165) is 82.6 Å². The molecule has 1 saturated carbocycles. The molecule has 6 aromatic rings. The average Bonchev–Trinajstić information content (AvgIpc) is 3.61. The highest BCUT2D eigenvalue weighted by molar-refractivity contribution is 6.14. The Balaban J connectivity index is 0.886. The number of ether oxygens (including phenoxy) is 1. The number of hydrogen-bond acceptors (Lipinski definition) is 12. The zero-order valence-corrected chi connectivity index (χ0v) is 34.0. The second-order valence-corrected chi connectivity index (χ2v) is 15.7. The van der Waals surface area contributed by atoms with E-state index in [1.54, 1.807) is 18.1 Å². The second kappa shape index (κ2) is 15.8. The quantitative estimate of drug-likeness (QED) is 0.0596. The lowest BCUT2D eigenvalue weighted by Gasteiger charge is -2.29. The van der Waals surface area contributed by atoms with Crippen molar-refractivity contribution in [3.05, 3.63) is 70.5 Å². The molecule has 6 heterocycles. The fraction of sp³-hybridized carbons (Fsp3) is 0.395. The largest absolute Gasteiger partial charge is 0.496 e. The van der Waals surface area contributed by atoms with Crippen LogP contribution < -0.4 is 26.0 Å². The van der Waals surface area contributed by atoms with Gasteiger partial charge in [0.25, 0.3) is 11.8 Å². The molecule has 4 aromatic heterocycles. The Morgan fingerprint density at radius 1 is 1.02 bits per heavy atom. The van der Waals surface area contributed by atoms with E-state index < -0.39 is 17.9 Å². The number of anilines is 3. The van der Waals surface area contributed by atoms with Crippen LogP contribution in [0.4, 0.5) is 17.3 Å². The summed E-state index contributed by atoms with van der Waals surface area (Å²) in [6.45, 7) is 7.85. The molecule has 9 rings (SSSR count). The van der Waals surface area contributed by atoms with Crippen LogP contribution in [0.3, 0.4) is 0 Å². The SMILES string of the molecule is CCn1nc(C2CC2)cc1Nc1nc(C(=O)NCCCCCNc2cccc3c2CN(C2CCC(=O)NC2=O)C3=O)nc2[nH]c3cc(-c4c(C)noc4C)c(OC)cc3c12. The Labute approximate surface area is 345 Å². The molecule has 5 N–H and O–H groups in total. The van der Waals surface area contributed by atoms with Crippen LogP contribution in [0.25, 0.3) is 33.1 Å². The number of benzene rings is 2. The van der Waals surface area contributed by atoms with Gasteiger partial charge < -0.3 is 35.1 Å². The molecule has 0 bridgehead atoms. The van der Waals surface area contributed by atoms with E-state index in [-0.39, 0.29) is 24.1 Å². The summed E-state index contributed by atoms with van der Waals surface area (Å²) in [5.41, 5.74) is 7.01. The standard InChI is InChI=1S/C43H47N11O6/c1-5-54-34(20-30(51-54)24-12-13-24)47-39-37-26-19-33(59-4)27(36-22(2)52-60-23(36)3)18-31(26)46-38(37)49-40(50-39)42(57)45-17-8-6-7-16-44-29-11-9-10-25-28(29)21-53(43(25)58)32-14-15-35(55)48-41(32)56/h9-11,18-20,24,32,44H,5-8,12-17,21H2,1-4H3,(H,45,57)(H,48,55,56)(H2,46,47,49,50). The zero-order chi connectivity index (χ0) is 41.7. The van der Waals surface area contributed by atoms with Gasteiger partial charge in [-0.25, -0.2) is 14.6 Å². The summed E-state index contributed by atoms with van der Waals surface area (Å²) in [6.07, 6.45) is 5.16. The van der Waals surface area contributed by atoms with Crippen molar-refractivity contribution >= 4 is 62.9 Å². The minimum absolute atomic E-state index is 0.0277. The Hall–Kier alpha value is -6.78. The maximum absolute atomic E-state index is 13.7. The number of amides is 4. The first kappa shape index (κ1) is 38.7. The van der Waals surface area contributed by atoms with Crippen LogP contribution in [0.15, 0.2) is 40.9 Å². The van der Waals surface area contributed by atoms with Crippen LogP contribution in [0.2, 0.25) is 0 Å². The number of aromatic amines is 1. The Kier molecular flexibility index (Phi) is 10.2. The number of rotatable bonds is 15. The minimum Gasteiger partial charge on any atom is -0.496 e. The van der Waals surface area contributed by atoms with Crippen LogP contribution in [0, 0.1) is 13.8 Å². The van der Waals surface area contributed by atoms with E-state index in [2.05, 4.69) is 37.5 Å². The lowest BCUT2D eigenvalue weighted by Crippen LogP contribution is -2.52. The van der Waals surface area contributed by atoms with Crippen molar-refractivity contribution < 1.29 is 28.4 Å². The molecule has 1 aliphatic carbocycles. The molecule has 17 nitrogen and oxygen atoms in total. The number of piperidine rings is 1. The number of methoxy groups -OCH3 is 1. The summed E-state index contributed by atoms with van der Waals surface area (Å²) in [4.78, 5) is 65.6. The first-order valence-electron chi connectivity index (χ1n) is 20.6. The Bertz CT molecular complexity index is 2670. The van der Waals surface area contributed by atoms with Gasteiger partial charge in [-0.3, -0.25) is 24.5 Å². The molecule has 60 heavy (non-hydrogen) atoms. The maximum atomic E-state index is 13.7. The summed E-state index contributed by atoms with van der Waals surface area (Å²) in [5.74, 6) is 1.73. The lowest BCUT2D eigenvalue weighted by atomic mass is 10.0. The van der Waals surface area contributed by atoms with E-state index in [1.165, 1.54) is 0 Å². The number of nitrogens with zero attached hydrogens (tertiary/aromatic N) is 6. The van der Waals surface area contributed by atoms with Crippen molar-refractivity contribution in [2.45, 2.75) is 90.8 Å². The van der Waals surface area contributed by atoms with Crippen molar-refractivity contribution in [2.75, 3.05) is 30.8 Å². The number of unbranched alkanes of at least 4 members (excludes halogenated alkanes) is 2. The molecular weight excluding hydrogens is 767 g/mol. The second-order valence-electron chi connectivity index (χ2n) is 15.7. The van der Waals surface area contributed by atoms with Crippen molar-refractivity contribution in [1.29, 1.82) is 0 Å². The fourth-order valence-electron chi connectivity index (χ4n) is 8.41. The number of carbonyl (C=O) groups excluding carboxylic acids is 4. The third-order valence-corrected chi connectivity index (χ3v) is 11.7. The van der Waals surface area contributed by atoms with Crippen molar-refractivity contribution in [2.24, 2.45) is 0 Å². The lowest BCUT2D eigenvalue weighted by molar-refractivity contribution is -0.136. The summed E-state index contributed by atoms with van der Waals surface area (Å²) < 4.78 is 13.3. The highest BCUT2D eigenvalue weighted by Gasteiger charge is 2.40. The van der Waals surface area contributed by atoms with Gasteiger partial charge in [0.05, 0.1) is 29.4 Å². The number of fused-ring (bicyclic) bond motifs is 4. The van der Waals surface area contributed by atoms with Gasteiger partial charge in [0.1, 0.15) is 34.8 Å². The van der Waals surface area contributed by atoms with E-state index in [4.69, 9.17) is 24.3 Å². The molecule has 3 aliphatic rings. The van der Waals surface area contributed by atoms with E-state index in [9.17, 15) is 19.2 Å². The Morgan fingerprint density at radius 2 is 1.85 bits per heavy atom. The molecule has 1 saturated heterocycles. The summed E-state index contributed by atoms with van der Waals surface area (Å²) >= 11 is 0. The summed E-state index contributed by atoms with van der Waals surface area (Å²) in [7, 11) is 1.63. The third kappa shape index (κ3) is 7.17. The Morgan fingerprint density at radius 3 is 2.60 bits per heavy atom. The first-order valence-corrected chi connectivity index (χ1v) is 20.6. The van der Waals surface area contributed by atoms with Crippen LogP contribution in [0.5, 0.6) is 5.75 Å². The number of nitrogens with one attached hydrogen (secondary N) is 5. The van der Waals surface area contributed by atoms with Gasteiger partial charge >= 0.3 is 0 Å². The van der Waals surface area contributed by atoms with Gasteiger partial charge in [0.15, 0.2) is 0 Å². The molecule has 0 spiro atoms. The predicted molar refractivity (Wildman–Crippen MR) is 223 cm³/mol. The smallest absolute Gasteiger partial charge is 0.289 e. The highest BCUT2D eigenvalue weighted by atomic mass is 16.5. The number of aromatic nitrogens is 6. The zero-order valence-electron chi connectivity index (χ0n) is 34.0. The minimum atomic E-state index is -0.661. The molecule has 2 aliphatic heterocycles. The van der Waals surface area contributed by atoms with Crippen molar-refractivity contribution in [3.8, 4) is 16.9 Å². The number of aryl methyl sites for hydroxylation is 3. The molecule has 0 radical (unpaired) electrons. The topological polar surface area (TPSA) is 214 Å².